The van der Waals surface area contributed by atoms with Crippen LogP contribution in [0.5, 0.6) is 0 Å². The first-order chi connectivity index (χ1) is 11.0. The van der Waals surface area contributed by atoms with Crippen LogP contribution in [-0.4, -0.2) is 42.1 Å². The molecule has 0 N–H and O–H groups in total. The smallest absolute Gasteiger partial charge is 0.312 e. The van der Waals surface area contributed by atoms with Crippen molar-refractivity contribution >= 4 is 11.9 Å². The highest BCUT2D eigenvalue weighted by molar-refractivity contribution is 5.91. The molecule has 1 amide bonds. The van der Waals surface area contributed by atoms with Crippen LogP contribution in [0.25, 0.3) is 0 Å². The number of benzene rings is 1. The number of hydrogen-bond acceptors (Lipinski definition) is 4. The minimum absolute atomic E-state index is 0.0205. The van der Waals surface area contributed by atoms with Crippen molar-refractivity contribution in [2.24, 2.45) is 11.8 Å². The van der Waals surface area contributed by atoms with Gasteiger partial charge in [0.15, 0.2) is 0 Å². The Morgan fingerprint density at radius 3 is 2.83 bits per heavy atom. The molecule has 0 unspecified atom stereocenters. The van der Waals surface area contributed by atoms with Crippen LogP contribution in [0.4, 0.5) is 0 Å². The zero-order chi connectivity index (χ0) is 16.2. The van der Waals surface area contributed by atoms with Crippen molar-refractivity contribution in [2.45, 2.75) is 25.2 Å². The van der Waals surface area contributed by atoms with Gasteiger partial charge in [0.1, 0.15) is 11.5 Å². The number of carbonyl (C=O) groups is 2. The minimum Gasteiger partial charge on any atom is -0.469 e. The summed E-state index contributed by atoms with van der Waals surface area (Å²) in [4.78, 5) is 26.8. The molecule has 0 aromatic heterocycles. The van der Waals surface area contributed by atoms with Gasteiger partial charge in [-0.3, -0.25) is 9.59 Å². The number of carbonyl (C=O) groups excluding carboxylic acids is 2. The number of rotatable bonds is 3. The molecule has 1 spiro atoms. The van der Waals surface area contributed by atoms with Gasteiger partial charge >= 0.3 is 5.97 Å². The number of amides is 1. The Hall–Kier alpha value is -2.14. The summed E-state index contributed by atoms with van der Waals surface area (Å²) >= 11 is 0. The molecule has 0 radical (unpaired) electrons. The second kappa shape index (κ2) is 4.93. The topological polar surface area (TPSA) is 55.8 Å². The maximum Gasteiger partial charge on any atom is 0.312 e. The number of nitrogens with zero attached hydrogens (tertiary/aromatic N) is 1. The van der Waals surface area contributed by atoms with Gasteiger partial charge < -0.3 is 14.4 Å². The molecule has 2 fully saturated rings. The summed E-state index contributed by atoms with van der Waals surface area (Å²) < 4.78 is 10.9. The molecule has 0 aliphatic carbocycles. The Labute approximate surface area is 134 Å². The molecule has 4 atom stereocenters. The SMILES string of the molecule is COC(=O)[C@H]1[C@@H]2C=C[C@@]3(CN(Cc4ccc(C)cc4)C(=O)[C@@H]13)O2. The van der Waals surface area contributed by atoms with Gasteiger partial charge in [-0.2, -0.15) is 0 Å². The van der Waals surface area contributed by atoms with Crippen LogP contribution in [0.1, 0.15) is 11.1 Å². The van der Waals surface area contributed by atoms with Crippen molar-refractivity contribution in [3.8, 4) is 0 Å². The number of likely N-dealkylation sites (tertiary alicyclic amines) is 1. The quantitative estimate of drug-likeness (QED) is 0.626. The van der Waals surface area contributed by atoms with Crippen LogP contribution < -0.4 is 0 Å². The van der Waals surface area contributed by atoms with Crippen LogP contribution in [-0.2, 0) is 25.6 Å². The molecule has 3 aliphatic heterocycles. The molecule has 3 aliphatic rings. The lowest BCUT2D eigenvalue weighted by Gasteiger charge is -2.22. The van der Waals surface area contributed by atoms with Crippen LogP contribution in [0.3, 0.4) is 0 Å². The number of hydrogen-bond donors (Lipinski definition) is 0. The molecule has 1 aromatic rings. The number of aryl methyl sites for hydroxylation is 1. The van der Waals surface area contributed by atoms with Gasteiger partial charge in [-0.15, -0.1) is 0 Å². The van der Waals surface area contributed by atoms with Gasteiger partial charge in [-0.1, -0.05) is 42.0 Å². The first kappa shape index (κ1) is 14.5. The van der Waals surface area contributed by atoms with Crippen LogP contribution in [0, 0.1) is 18.8 Å². The molecule has 0 saturated carbocycles. The summed E-state index contributed by atoms with van der Waals surface area (Å²) in [6.45, 7) is 3.06. The van der Waals surface area contributed by atoms with Crippen molar-refractivity contribution in [3.05, 3.63) is 47.5 Å². The summed E-state index contributed by atoms with van der Waals surface area (Å²) in [5.74, 6) is -1.37. The molecule has 5 nitrogen and oxygen atoms in total. The zero-order valence-corrected chi connectivity index (χ0v) is 13.2. The standard InChI is InChI=1S/C18H19NO4/c1-11-3-5-12(6-4-11)9-19-10-18-8-7-13(23-18)14(17(21)22-2)15(18)16(19)20/h3-8,13-15H,9-10H2,1-2H3/t13-,14-,15+,18-/m0/s1. The highest BCUT2D eigenvalue weighted by Crippen LogP contribution is 2.52. The molecule has 2 bridgehead atoms. The Morgan fingerprint density at radius 2 is 2.13 bits per heavy atom. The highest BCUT2D eigenvalue weighted by Gasteiger charge is 2.67. The van der Waals surface area contributed by atoms with E-state index in [1.807, 2.05) is 43.3 Å². The van der Waals surface area contributed by atoms with E-state index in [1.54, 1.807) is 4.90 Å². The van der Waals surface area contributed by atoms with Crippen molar-refractivity contribution in [3.63, 3.8) is 0 Å². The van der Waals surface area contributed by atoms with E-state index in [1.165, 1.54) is 12.7 Å². The first-order valence-corrected chi connectivity index (χ1v) is 7.83. The Balaban J connectivity index is 1.60. The van der Waals surface area contributed by atoms with E-state index in [0.717, 1.165) is 5.56 Å². The van der Waals surface area contributed by atoms with Gasteiger partial charge in [0.25, 0.3) is 0 Å². The lowest BCUT2D eigenvalue weighted by Crippen LogP contribution is -2.39. The van der Waals surface area contributed by atoms with Gasteiger partial charge in [0, 0.05) is 6.54 Å². The summed E-state index contributed by atoms with van der Waals surface area (Å²) in [6, 6.07) is 8.13. The second-order valence-corrected chi connectivity index (χ2v) is 6.60. The van der Waals surface area contributed by atoms with E-state index in [9.17, 15) is 9.59 Å². The van der Waals surface area contributed by atoms with Gasteiger partial charge in [-0.25, -0.2) is 0 Å². The summed E-state index contributed by atoms with van der Waals surface area (Å²) in [5, 5.41) is 0. The lowest BCUT2D eigenvalue weighted by atomic mass is 9.77. The Morgan fingerprint density at radius 1 is 1.39 bits per heavy atom. The molecule has 120 valence electrons. The summed E-state index contributed by atoms with van der Waals surface area (Å²) in [7, 11) is 1.36. The Bertz CT molecular complexity index is 695. The molecule has 5 heteroatoms. The number of methoxy groups -OCH3 is 1. The normalized spacial score (nSPS) is 34.1. The summed E-state index contributed by atoms with van der Waals surface area (Å²) in [5.41, 5.74) is 1.60. The molecular weight excluding hydrogens is 294 g/mol. The maximum atomic E-state index is 12.9. The molecule has 2 saturated heterocycles. The fourth-order valence-electron chi connectivity index (χ4n) is 4.03. The fraction of sp³-hybridized carbons (Fsp3) is 0.444. The molecule has 4 rings (SSSR count). The van der Waals surface area contributed by atoms with E-state index in [2.05, 4.69) is 0 Å². The van der Waals surface area contributed by atoms with Gasteiger partial charge in [0.2, 0.25) is 5.91 Å². The van der Waals surface area contributed by atoms with Crippen LogP contribution in [0.15, 0.2) is 36.4 Å². The second-order valence-electron chi connectivity index (χ2n) is 6.60. The minimum atomic E-state index is -0.661. The third-order valence-corrected chi connectivity index (χ3v) is 5.15. The van der Waals surface area contributed by atoms with E-state index < -0.39 is 17.4 Å². The maximum absolute atomic E-state index is 12.9. The van der Waals surface area contributed by atoms with Crippen molar-refractivity contribution in [2.75, 3.05) is 13.7 Å². The third-order valence-electron chi connectivity index (χ3n) is 5.15. The van der Waals surface area contributed by atoms with Gasteiger partial charge in [0.05, 0.1) is 25.7 Å². The average molecular weight is 313 g/mol. The molecular formula is C18H19NO4. The van der Waals surface area contributed by atoms with E-state index in [4.69, 9.17) is 9.47 Å². The van der Waals surface area contributed by atoms with E-state index in [-0.39, 0.29) is 18.0 Å². The number of ether oxygens (including phenoxy) is 2. The average Bonchev–Trinajstić information content (AvgIpc) is 3.18. The van der Waals surface area contributed by atoms with Gasteiger partial charge in [-0.05, 0) is 12.5 Å². The first-order valence-electron chi connectivity index (χ1n) is 7.83. The molecule has 23 heavy (non-hydrogen) atoms. The zero-order valence-electron chi connectivity index (χ0n) is 13.2. The van der Waals surface area contributed by atoms with Crippen molar-refractivity contribution in [1.82, 2.24) is 4.90 Å². The third kappa shape index (κ3) is 2.03. The summed E-state index contributed by atoms with van der Waals surface area (Å²) in [6.07, 6.45) is 3.51. The predicted molar refractivity (Wildman–Crippen MR) is 82.3 cm³/mol. The highest BCUT2D eigenvalue weighted by atomic mass is 16.5. The van der Waals surface area contributed by atoms with Crippen LogP contribution >= 0.6 is 0 Å². The largest absolute Gasteiger partial charge is 0.469 e. The molecule has 1 aromatic carbocycles. The van der Waals surface area contributed by atoms with E-state index in [0.29, 0.717) is 13.1 Å². The number of fused-ring (bicyclic) bond motifs is 1. The predicted octanol–water partition coefficient (Wildman–Crippen LogP) is 1.45. The van der Waals surface area contributed by atoms with Crippen molar-refractivity contribution in [1.29, 1.82) is 0 Å². The van der Waals surface area contributed by atoms with E-state index >= 15 is 0 Å². The fourth-order valence-corrected chi connectivity index (χ4v) is 4.03. The number of esters is 1. The Kier molecular flexibility index (Phi) is 3.10. The lowest BCUT2D eigenvalue weighted by molar-refractivity contribution is -0.151. The molecule has 3 heterocycles. The van der Waals surface area contributed by atoms with Crippen molar-refractivity contribution < 1.29 is 19.1 Å². The van der Waals surface area contributed by atoms with Crippen LogP contribution in [0.2, 0.25) is 0 Å². The monoisotopic (exact) mass is 313 g/mol.